The molecule has 1 unspecified atom stereocenters. The molecule has 1 heterocycles. The molecule has 0 radical (unpaired) electrons. The van der Waals surface area contributed by atoms with E-state index in [2.05, 4.69) is 36.3 Å². The van der Waals surface area contributed by atoms with Gasteiger partial charge in [-0.1, -0.05) is 37.3 Å². The standard InChI is InChI=1S/C17H21ClN2O/c1-3-12-21-15-10-7-11-19-16(15)20-17(2,13-18)14-8-5-4-6-9-14/h4-11H,3,12-13H2,1-2H3,(H,19,20). The van der Waals surface area contributed by atoms with Gasteiger partial charge in [-0.2, -0.15) is 0 Å². The molecule has 2 rings (SSSR count). The Hall–Kier alpha value is -1.74. The fourth-order valence-electron chi connectivity index (χ4n) is 2.06. The van der Waals surface area contributed by atoms with Gasteiger partial charge in [0.15, 0.2) is 11.6 Å². The van der Waals surface area contributed by atoms with Crippen LogP contribution in [-0.2, 0) is 5.54 Å². The first-order chi connectivity index (χ1) is 10.2. The summed E-state index contributed by atoms with van der Waals surface area (Å²) in [7, 11) is 0. The van der Waals surface area contributed by atoms with Gasteiger partial charge in [0.25, 0.3) is 0 Å². The van der Waals surface area contributed by atoms with Gasteiger partial charge in [-0.05, 0) is 31.0 Å². The number of ether oxygens (including phenoxy) is 1. The van der Waals surface area contributed by atoms with Crippen LogP contribution in [0.2, 0.25) is 0 Å². The summed E-state index contributed by atoms with van der Waals surface area (Å²) in [5.74, 6) is 1.91. The van der Waals surface area contributed by atoms with Gasteiger partial charge in [0.2, 0.25) is 0 Å². The highest BCUT2D eigenvalue weighted by Crippen LogP contribution is 2.31. The number of nitrogens with zero attached hydrogens (tertiary/aromatic N) is 1. The average Bonchev–Trinajstić information content (AvgIpc) is 2.55. The minimum absolute atomic E-state index is 0.401. The zero-order chi connectivity index (χ0) is 15.1. The normalized spacial score (nSPS) is 13.5. The molecule has 0 amide bonds. The third-order valence-electron chi connectivity index (χ3n) is 3.30. The molecule has 1 aromatic heterocycles. The maximum absolute atomic E-state index is 6.22. The fourth-order valence-corrected chi connectivity index (χ4v) is 2.28. The highest BCUT2D eigenvalue weighted by Gasteiger charge is 2.27. The molecule has 0 bridgehead atoms. The van der Waals surface area contributed by atoms with Crippen molar-refractivity contribution in [1.82, 2.24) is 4.98 Å². The summed E-state index contributed by atoms with van der Waals surface area (Å²) >= 11 is 6.22. The molecule has 3 nitrogen and oxygen atoms in total. The smallest absolute Gasteiger partial charge is 0.169 e. The fraction of sp³-hybridized carbons (Fsp3) is 0.353. The minimum atomic E-state index is -0.401. The van der Waals surface area contributed by atoms with Crippen molar-refractivity contribution in [3.8, 4) is 5.75 Å². The van der Waals surface area contributed by atoms with Gasteiger partial charge in [0.1, 0.15) is 0 Å². The number of hydrogen-bond donors (Lipinski definition) is 1. The van der Waals surface area contributed by atoms with Crippen LogP contribution in [0.25, 0.3) is 0 Å². The van der Waals surface area contributed by atoms with E-state index < -0.39 is 5.54 Å². The number of alkyl halides is 1. The van der Waals surface area contributed by atoms with Crippen molar-refractivity contribution in [2.45, 2.75) is 25.8 Å². The summed E-state index contributed by atoms with van der Waals surface area (Å²) in [6, 6.07) is 13.9. The predicted molar refractivity (Wildman–Crippen MR) is 88.2 cm³/mol. The van der Waals surface area contributed by atoms with Crippen LogP contribution in [0.5, 0.6) is 5.75 Å². The SMILES string of the molecule is CCCOc1cccnc1NC(C)(CCl)c1ccccc1. The Balaban J connectivity index is 2.26. The largest absolute Gasteiger partial charge is 0.490 e. The molecule has 1 N–H and O–H groups in total. The molecule has 1 atom stereocenters. The summed E-state index contributed by atoms with van der Waals surface area (Å²) < 4.78 is 5.74. The van der Waals surface area contributed by atoms with E-state index in [-0.39, 0.29) is 0 Å². The number of nitrogens with one attached hydrogen (secondary N) is 1. The summed E-state index contributed by atoms with van der Waals surface area (Å²) in [6.45, 7) is 4.81. The Kier molecular flexibility index (Phi) is 5.45. The highest BCUT2D eigenvalue weighted by molar-refractivity contribution is 6.18. The lowest BCUT2D eigenvalue weighted by atomic mass is 9.94. The van der Waals surface area contributed by atoms with Crippen LogP contribution >= 0.6 is 11.6 Å². The van der Waals surface area contributed by atoms with Crippen molar-refractivity contribution in [2.75, 3.05) is 17.8 Å². The van der Waals surface area contributed by atoms with E-state index in [9.17, 15) is 0 Å². The van der Waals surface area contributed by atoms with Gasteiger partial charge < -0.3 is 10.1 Å². The topological polar surface area (TPSA) is 34.1 Å². The van der Waals surface area contributed by atoms with Crippen LogP contribution in [-0.4, -0.2) is 17.5 Å². The summed E-state index contributed by atoms with van der Waals surface area (Å²) in [5.41, 5.74) is 0.716. The maximum atomic E-state index is 6.22. The van der Waals surface area contributed by atoms with Crippen molar-refractivity contribution in [3.63, 3.8) is 0 Å². The first-order valence-electron chi connectivity index (χ1n) is 7.17. The van der Waals surface area contributed by atoms with E-state index >= 15 is 0 Å². The molecule has 4 heteroatoms. The number of pyridine rings is 1. The molecule has 0 aliphatic heterocycles. The lowest BCUT2D eigenvalue weighted by molar-refractivity contribution is 0.317. The van der Waals surface area contributed by atoms with Gasteiger partial charge in [0, 0.05) is 12.1 Å². The zero-order valence-electron chi connectivity index (χ0n) is 12.5. The number of benzene rings is 1. The van der Waals surface area contributed by atoms with Crippen molar-refractivity contribution in [1.29, 1.82) is 0 Å². The van der Waals surface area contributed by atoms with Crippen molar-refractivity contribution < 1.29 is 4.74 Å². The first kappa shape index (κ1) is 15.6. The van der Waals surface area contributed by atoms with E-state index in [0.29, 0.717) is 12.5 Å². The Bertz CT molecular complexity index is 562. The molecule has 0 aliphatic carbocycles. The third-order valence-corrected chi connectivity index (χ3v) is 3.84. The Morgan fingerprint density at radius 1 is 1.19 bits per heavy atom. The van der Waals surface area contributed by atoms with Gasteiger partial charge >= 0.3 is 0 Å². The van der Waals surface area contributed by atoms with Crippen LogP contribution in [0, 0.1) is 0 Å². The van der Waals surface area contributed by atoms with Crippen LogP contribution in [0.3, 0.4) is 0 Å². The zero-order valence-corrected chi connectivity index (χ0v) is 13.2. The molecule has 0 aliphatic rings. The molecule has 0 spiro atoms. The second-order valence-electron chi connectivity index (χ2n) is 5.16. The molecular weight excluding hydrogens is 284 g/mol. The van der Waals surface area contributed by atoms with E-state index in [0.717, 1.165) is 23.6 Å². The number of hydrogen-bond acceptors (Lipinski definition) is 3. The van der Waals surface area contributed by atoms with E-state index in [1.54, 1.807) is 6.20 Å². The molecule has 112 valence electrons. The Morgan fingerprint density at radius 3 is 2.62 bits per heavy atom. The summed E-state index contributed by atoms with van der Waals surface area (Å²) in [6.07, 6.45) is 2.71. The second-order valence-corrected chi connectivity index (χ2v) is 5.42. The van der Waals surface area contributed by atoms with E-state index in [4.69, 9.17) is 16.3 Å². The van der Waals surface area contributed by atoms with Crippen LogP contribution in [0.4, 0.5) is 5.82 Å². The van der Waals surface area contributed by atoms with E-state index in [1.807, 2.05) is 30.3 Å². The van der Waals surface area contributed by atoms with Crippen molar-refractivity contribution in [2.24, 2.45) is 0 Å². The number of aromatic nitrogens is 1. The maximum Gasteiger partial charge on any atom is 0.169 e. The number of halogens is 1. The second kappa shape index (κ2) is 7.32. The van der Waals surface area contributed by atoms with Gasteiger partial charge in [-0.3, -0.25) is 0 Å². The van der Waals surface area contributed by atoms with Crippen LogP contribution in [0.15, 0.2) is 48.7 Å². The number of anilines is 1. The predicted octanol–water partition coefficient (Wildman–Crippen LogP) is 4.44. The number of rotatable bonds is 7. The molecule has 1 aromatic carbocycles. The Morgan fingerprint density at radius 2 is 1.95 bits per heavy atom. The van der Waals surface area contributed by atoms with Crippen molar-refractivity contribution >= 4 is 17.4 Å². The van der Waals surface area contributed by atoms with Crippen LogP contribution < -0.4 is 10.1 Å². The summed E-state index contributed by atoms with van der Waals surface area (Å²) in [4.78, 5) is 4.40. The molecular formula is C17H21ClN2O. The molecule has 0 saturated carbocycles. The quantitative estimate of drug-likeness (QED) is 0.768. The molecule has 0 fully saturated rings. The monoisotopic (exact) mass is 304 g/mol. The third kappa shape index (κ3) is 3.88. The Labute approximate surface area is 131 Å². The highest BCUT2D eigenvalue weighted by atomic mass is 35.5. The van der Waals surface area contributed by atoms with Gasteiger partial charge in [-0.15, -0.1) is 11.6 Å². The lowest BCUT2D eigenvalue weighted by Gasteiger charge is -2.30. The molecule has 2 aromatic rings. The summed E-state index contributed by atoms with van der Waals surface area (Å²) in [5, 5.41) is 3.43. The van der Waals surface area contributed by atoms with Gasteiger partial charge in [-0.25, -0.2) is 4.98 Å². The van der Waals surface area contributed by atoms with Gasteiger partial charge in [0.05, 0.1) is 12.1 Å². The van der Waals surface area contributed by atoms with Crippen LogP contribution in [0.1, 0.15) is 25.8 Å². The molecule has 0 saturated heterocycles. The van der Waals surface area contributed by atoms with E-state index in [1.165, 1.54) is 0 Å². The minimum Gasteiger partial charge on any atom is -0.490 e. The lowest BCUT2D eigenvalue weighted by Crippen LogP contribution is -2.34. The average molecular weight is 305 g/mol. The molecule has 21 heavy (non-hydrogen) atoms. The van der Waals surface area contributed by atoms with Crippen molar-refractivity contribution in [3.05, 3.63) is 54.2 Å². The first-order valence-corrected chi connectivity index (χ1v) is 7.70.